The average molecular weight is 206 g/mol. The fourth-order valence-electron chi connectivity index (χ4n) is 1.73. The summed E-state index contributed by atoms with van der Waals surface area (Å²) in [5, 5.41) is 0. The summed E-state index contributed by atoms with van der Waals surface area (Å²) in [5.41, 5.74) is 1.27. The van der Waals surface area contributed by atoms with Crippen molar-refractivity contribution in [2.45, 2.75) is 39.7 Å². The van der Waals surface area contributed by atoms with Crippen molar-refractivity contribution in [3.05, 3.63) is 35.9 Å². The highest BCUT2D eigenvalue weighted by molar-refractivity contribution is 5.13. The van der Waals surface area contributed by atoms with E-state index in [4.69, 9.17) is 4.74 Å². The van der Waals surface area contributed by atoms with Crippen LogP contribution in [0.3, 0.4) is 0 Å². The molecule has 0 heterocycles. The summed E-state index contributed by atoms with van der Waals surface area (Å²) in [6, 6.07) is 10.4. The predicted octanol–water partition coefficient (Wildman–Crippen LogP) is 4.03. The normalized spacial score (nSPS) is 12.7. The topological polar surface area (TPSA) is 9.23 Å². The van der Waals surface area contributed by atoms with Gasteiger partial charge in [-0.15, -0.1) is 0 Å². The van der Waals surface area contributed by atoms with Crippen LogP contribution in [0.4, 0.5) is 0 Å². The van der Waals surface area contributed by atoms with E-state index < -0.39 is 0 Å². The highest BCUT2D eigenvalue weighted by atomic mass is 16.5. The van der Waals surface area contributed by atoms with Crippen LogP contribution in [0, 0.1) is 5.92 Å². The van der Waals surface area contributed by atoms with Gasteiger partial charge in [0.2, 0.25) is 0 Å². The van der Waals surface area contributed by atoms with Gasteiger partial charge >= 0.3 is 0 Å². The average Bonchev–Trinajstić information content (AvgIpc) is 2.29. The molecule has 0 aromatic heterocycles. The molecule has 0 spiro atoms. The molecule has 0 saturated carbocycles. The lowest BCUT2D eigenvalue weighted by Gasteiger charge is -2.13. The Kier molecular flexibility index (Phi) is 6.10. The van der Waals surface area contributed by atoms with E-state index in [0.29, 0.717) is 0 Å². The second kappa shape index (κ2) is 7.47. The van der Waals surface area contributed by atoms with Gasteiger partial charge < -0.3 is 4.74 Å². The maximum Gasteiger partial charge on any atom is 0.0717 e. The van der Waals surface area contributed by atoms with Crippen molar-refractivity contribution in [2.75, 3.05) is 6.61 Å². The Hall–Kier alpha value is -0.820. The molecule has 0 radical (unpaired) electrons. The van der Waals surface area contributed by atoms with E-state index in [2.05, 4.69) is 38.1 Å². The van der Waals surface area contributed by atoms with Crippen molar-refractivity contribution >= 4 is 0 Å². The van der Waals surface area contributed by atoms with Crippen molar-refractivity contribution in [2.24, 2.45) is 5.92 Å². The van der Waals surface area contributed by atoms with Gasteiger partial charge in [-0.05, 0) is 17.9 Å². The first-order valence-corrected chi connectivity index (χ1v) is 5.98. The largest absolute Gasteiger partial charge is 0.376 e. The molecule has 1 unspecified atom stereocenters. The van der Waals surface area contributed by atoms with Gasteiger partial charge in [-0.1, -0.05) is 57.0 Å². The molecule has 1 rings (SSSR count). The zero-order valence-corrected chi connectivity index (χ0v) is 9.91. The Balaban J connectivity index is 2.20. The first kappa shape index (κ1) is 12.3. The number of ether oxygens (including phenoxy) is 1. The molecule has 0 saturated heterocycles. The smallest absolute Gasteiger partial charge is 0.0717 e. The minimum atomic E-state index is 0.735. The van der Waals surface area contributed by atoms with Crippen molar-refractivity contribution < 1.29 is 4.74 Å². The summed E-state index contributed by atoms with van der Waals surface area (Å²) in [6.07, 6.45) is 3.77. The lowest BCUT2D eigenvalue weighted by Crippen LogP contribution is -2.08. The third-order valence-electron chi connectivity index (χ3n) is 2.74. The molecule has 0 aliphatic carbocycles. The van der Waals surface area contributed by atoms with E-state index in [-0.39, 0.29) is 0 Å². The molecule has 1 heteroatoms. The van der Waals surface area contributed by atoms with Crippen molar-refractivity contribution in [3.8, 4) is 0 Å². The Morgan fingerprint density at radius 3 is 2.47 bits per heavy atom. The Morgan fingerprint density at radius 2 is 1.87 bits per heavy atom. The minimum Gasteiger partial charge on any atom is -0.376 e. The minimum absolute atomic E-state index is 0.735. The summed E-state index contributed by atoms with van der Waals surface area (Å²) in [6.45, 7) is 6.13. The van der Waals surface area contributed by atoms with Gasteiger partial charge in [-0.3, -0.25) is 0 Å². The van der Waals surface area contributed by atoms with Gasteiger partial charge in [0.25, 0.3) is 0 Å². The second-order valence-electron chi connectivity index (χ2n) is 4.06. The molecule has 1 aromatic carbocycles. The molecule has 1 nitrogen and oxygen atoms in total. The third-order valence-corrected chi connectivity index (χ3v) is 2.74. The molecule has 84 valence electrons. The monoisotopic (exact) mass is 206 g/mol. The number of hydrogen-bond donors (Lipinski definition) is 0. The van der Waals surface area contributed by atoms with Crippen LogP contribution in [0.1, 0.15) is 38.7 Å². The summed E-state index contributed by atoms with van der Waals surface area (Å²) < 4.78 is 5.73. The highest BCUT2D eigenvalue weighted by Crippen LogP contribution is 2.12. The van der Waals surface area contributed by atoms with E-state index in [1.807, 2.05) is 6.07 Å². The highest BCUT2D eigenvalue weighted by Gasteiger charge is 2.04. The molecular formula is C14H22O. The van der Waals surface area contributed by atoms with E-state index in [1.54, 1.807) is 0 Å². The molecule has 15 heavy (non-hydrogen) atoms. The van der Waals surface area contributed by atoms with E-state index in [0.717, 1.165) is 19.1 Å². The van der Waals surface area contributed by atoms with Gasteiger partial charge in [0.1, 0.15) is 0 Å². The maximum absolute atomic E-state index is 5.73. The van der Waals surface area contributed by atoms with Gasteiger partial charge in [0, 0.05) is 6.61 Å². The fraction of sp³-hybridized carbons (Fsp3) is 0.571. The van der Waals surface area contributed by atoms with E-state index in [9.17, 15) is 0 Å². The molecule has 1 atom stereocenters. The first-order chi connectivity index (χ1) is 7.36. The Labute approximate surface area is 93.5 Å². The summed E-state index contributed by atoms with van der Waals surface area (Å²) in [5.74, 6) is 0.735. The van der Waals surface area contributed by atoms with Gasteiger partial charge in [-0.2, -0.15) is 0 Å². The zero-order chi connectivity index (χ0) is 10.9. The van der Waals surface area contributed by atoms with Crippen LogP contribution in [-0.2, 0) is 11.3 Å². The molecule has 0 bridgehead atoms. The van der Waals surface area contributed by atoms with Gasteiger partial charge in [-0.25, -0.2) is 0 Å². The molecule has 0 N–H and O–H groups in total. The van der Waals surface area contributed by atoms with Gasteiger partial charge in [0.15, 0.2) is 0 Å². The lowest BCUT2D eigenvalue weighted by molar-refractivity contribution is 0.0825. The second-order valence-corrected chi connectivity index (χ2v) is 4.06. The molecule has 0 amide bonds. The molecule has 0 aliphatic rings. The van der Waals surface area contributed by atoms with Crippen LogP contribution in [0.5, 0.6) is 0 Å². The molecule has 0 fully saturated rings. The number of benzene rings is 1. The Bertz CT molecular complexity index is 243. The molecule has 1 aromatic rings. The molecule has 0 aliphatic heterocycles. The van der Waals surface area contributed by atoms with Crippen LogP contribution in [-0.4, -0.2) is 6.61 Å². The van der Waals surface area contributed by atoms with Crippen molar-refractivity contribution in [1.82, 2.24) is 0 Å². The summed E-state index contributed by atoms with van der Waals surface area (Å²) >= 11 is 0. The van der Waals surface area contributed by atoms with Crippen LogP contribution < -0.4 is 0 Å². The molecular weight excluding hydrogens is 184 g/mol. The maximum atomic E-state index is 5.73. The van der Waals surface area contributed by atoms with Crippen LogP contribution in [0.25, 0.3) is 0 Å². The van der Waals surface area contributed by atoms with E-state index >= 15 is 0 Å². The third kappa shape index (κ3) is 4.98. The summed E-state index contributed by atoms with van der Waals surface area (Å²) in [7, 11) is 0. The lowest BCUT2D eigenvalue weighted by atomic mass is 10.0. The Morgan fingerprint density at radius 1 is 1.13 bits per heavy atom. The number of hydrogen-bond acceptors (Lipinski definition) is 1. The van der Waals surface area contributed by atoms with Crippen LogP contribution >= 0.6 is 0 Å². The van der Waals surface area contributed by atoms with Crippen LogP contribution in [0.2, 0.25) is 0 Å². The van der Waals surface area contributed by atoms with Gasteiger partial charge in [0.05, 0.1) is 6.61 Å². The first-order valence-electron chi connectivity index (χ1n) is 5.98. The SMILES string of the molecule is CCCC(CC)COCc1ccccc1. The quantitative estimate of drug-likeness (QED) is 0.654. The number of rotatable bonds is 7. The van der Waals surface area contributed by atoms with Crippen LogP contribution in [0.15, 0.2) is 30.3 Å². The van der Waals surface area contributed by atoms with Crippen molar-refractivity contribution in [1.29, 1.82) is 0 Å². The fourth-order valence-corrected chi connectivity index (χ4v) is 1.73. The predicted molar refractivity (Wildman–Crippen MR) is 64.8 cm³/mol. The van der Waals surface area contributed by atoms with Crippen molar-refractivity contribution in [3.63, 3.8) is 0 Å². The van der Waals surface area contributed by atoms with E-state index in [1.165, 1.54) is 24.8 Å². The zero-order valence-electron chi connectivity index (χ0n) is 9.91. The standard InChI is InChI=1S/C14H22O/c1-3-8-13(4-2)11-15-12-14-9-6-5-7-10-14/h5-7,9-10,13H,3-4,8,11-12H2,1-2H3. The summed E-state index contributed by atoms with van der Waals surface area (Å²) in [4.78, 5) is 0.